The van der Waals surface area contributed by atoms with Gasteiger partial charge in [0.25, 0.3) is 0 Å². The van der Waals surface area contributed by atoms with Crippen LogP contribution in [0.4, 0.5) is 9.59 Å². The minimum absolute atomic E-state index is 0.0476. The highest BCUT2D eigenvalue weighted by Crippen LogP contribution is 2.47. The molecule has 0 aromatic carbocycles. The molecule has 13 heteroatoms. The summed E-state index contributed by atoms with van der Waals surface area (Å²) in [5.41, 5.74) is -0.239. The van der Waals surface area contributed by atoms with Crippen LogP contribution in [0.5, 0.6) is 0 Å². The van der Waals surface area contributed by atoms with Crippen LogP contribution < -0.4 is 0 Å². The Hall–Kier alpha value is -2.38. The van der Waals surface area contributed by atoms with Crippen LogP contribution in [0.3, 0.4) is 0 Å². The van der Waals surface area contributed by atoms with Crippen LogP contribution in [-0.2, 0) is 20.2 Å². The summed E-state index contributed by atoms with van der Waals surface area (Å²) in [4.78, 5) is 25.9. The number of aromatic amines is 1. The first-order valence-electron chi connectivity index (χ1n) is 6.80. The predicted molar refractivity (Wildman–Crippen MR) is 75.9 cm³/mol. The molecule has 2 aliphatic rings. The predicted octanol–water partition coefficient (Wildman–Crippen LogP) is -0.239. The molecule has 132 valence electrons. The van der Waals surface area contributed by atoms with Crippen molar-refractivity contribution in [1.29, 1.82) is 0 Å². The van der Waals surface area contributed by atoms with E-state index in [1.54, 1.807) is 6.92 Å². The first kappa shape index (κ1) is 16.5. The zero-order valence-electron chi connectivity index (χ0n) is 12.7. The van der Waals surface area contributed by atoms with Gasteiger partial charge in [0.1, 0.15) is 5.54 Å². The van der Waals surface area contributed by atoms with E-state index < -0.39 is 34.1 Å². The van der Waals surface area contributed by atoms with Crippen LogP contribution >= 0.6 is 0 Å². The molecule has 2 atom stereocenters. The summed E-state index contributed by atoms with van der Waals surface area (Å²) in [6, 6.07) is -1.50. The Morgan fingerprint density at radius 3 is 2.88 bits per heavy atom. The summed E-state index contributed by atoms with van der Waals surface area (Å²) < 4.78 is 35.5. The topological polar surface area (TPSA) is 156 Å². The van der Waals surface area contributed by atoms with Crippen molar-refractivity contribution in [3.05, 3.63) is 17.5 Å². The molecule has 3 N–H and O–H groups in total. The summed E-state index contributed by atoms with van der Waals surface area (Å²) in [6.45, 7) is 1.56. The number of carbonyl (C=O) groups excluding carboxylic acids is 1. The van der Waals surface area contributed by atoms with Gasteiger partial charge in [0.05, 0.1) is 24.5 Å². The van der Waals surface area contributed by atoms with Gasteiger partial charge in [0, 0.05) is 19.2 Å². The van der Waals surface area contributed by atoms with Gasteiger partial charge in [-0.15, -0.1) is 4.28 Å². The van der Waals surface area contributed by atoms with E-state index in [2.05, 4.69) is 14.5 Å². The molecular formula is C11H15N5O7S. The number of carboxylic acid groups (broad SMARTS) is 1. The molecule has 0 aliphatic carbocycles. The lowest BCUT2D eigenvalue weighted by Crippen LogP contribution is -2.45. The SMILES string of the molecule is CN(CC1c2[nH]ncc2[C@@]2(C)CN1C(=O)N2OS(=O)(=O)O)C(=O)O. The second-order valence-corrected chi connectivity index (χ2v) is 6.86. The molecule has 1 aromatic rings. The van der Waals surface area contributed by atoms with Crippen LogP contribution in [-0.4, -0.2) is 75.4 Å². The fourth-order valence-electron chi connectivity index (χ4n) is 3.10. The van der Waals surface area contributed by atoms with Crippen molar-refractivity contribution < 1.29 is 31.9 Å². The second kappa shape index (κ2) is 5.06. The second-order valence-electron chi connectivity index (χ2n) is 5.86. The van der Waals surface area contributed by atoms with Gasteiger partial charge in [-0.1, -0.05) is 0 Å². The fraction of sp³-hybridized carbons (Fsp3) is 0.545. The van der Waals surface area contributed by atoms with Crippen molar-refractivity contribution in [3.63, 3.8) is 0 Å². The van der Waals surface area contributed by atoms with Gasteiger partial charge in [-0.25, -0.2) is 9.59 Å². The number of rotatable bonds is 4. The van der Waals surface area contributed by atoms with E-state index >= 15 is 0 Å². The Kier molecular flexibility index (Phi) is 3.47. The standard InChI is InChI=1S/C11H15N5O7S/c1-11-5-15(9(17)16(11)23-24(20,21)22)7(4-14(2)10(18)19)8-6(11)3-12-13-8/h3,7H,4-5H2,1-2H3,(H,12,13)(H,18,19)(H,20,21,22)/t7?,11-/m1/s1. The average molecular weight is 361 g/mol. The molecule has 1 aromatic heterocycles. The van der Waals surface area contributed by atoms with E-state index in [1.165, 1.54) is 18.1 Å². The normalized spacial score (nSPS) is 25.8. The van der Waals surface area contributed by atoms with Crippen LogP contribution in [0.15, 0.2) is 6.20 Å². The largest absolute Gasteiger partial charge is 0.465 e. The molecule has 0 radical (unpaired) electrons. The van der Waals surface area contributed by atoms with E-state index in [1.807, 2.05) is 0 Å². The number of hydrogen-bond acceptors (Lipinski definition) is 6. The maximum atomic E-state index is 12.5. The minimum Gasteiger partial charge on any atom is -0.465 e. The van der Waals surface area contributed by atoms with Crippen molar-refractivity contribution in [2.45, 2.75) is 18.5 Å². The number of amides is 3. The van der Waals surface area contributed by atoms with Crippen molar-refractivity contribution in [1.82, 2.24) is 25.1 Å². The van der Waals surface area contributed by atoms with Gasteiger partial charge < -0.3 is 14.9 Å². The highest BCUT2D eigenvalue weighted by Gasteiger charge is 2.58. The van der Waals surface area contributed by atoms with Gasteiger partial charge in [-0.3, -0.25) is 9.65 Å². The van der Waals surface area contributed by atoms with Crippen LogP contribution in [0, 0.1) is 0 Å². The highest BCUT2D eigenvalue weighted by atomic mass is 32.3. The Bertz CT molecular complexity index is 807. The quantitative estimate of drug-likeness (QED) is 0.620. The highest BCUT2D eigenvalue weighted by molar-refractivity contribution is 7.80. The molecule has 3 rings (SSSR count). The number of hydrogen-bond donors (Lipinski definition) is 3. The van der Waals surface area contributed by atoms with Gasteiger partial charge in [0.2, 0.25) is 0 Å². The van der Waals surface area contributed by atoms with Gasteiger partial charge in [-0.2, -0.15) is 18.6 Å². The number of fused-ring (bicyclic) bond motifs is 4. The minimum atomic E-state index is -4.91. The Morgan fingerprint density at radius 1 is 1.62 bits per heavy atom. The molecule has 1 fully saturated rings. The zero-order valence-corrected chi connectivity index (χ0v) is 13.5. The molecule has 3 amide bonds. The summed E-state index contributed by atoms with van der Waals surface area (Å²) in [6.07, 6.45) is 0.237. The van der Waals surface area contributed by atoms with Crippen molar-refractivity contribution in [3.8, 4) is 0 Å². The number of carbonyl (C=O) groups is 2. The monoisotopic (exact) mass is 361 g/mol. The van der Waals surface area contributed by atoms with Crippen molar-refractivity contribution >= 4 is 22.5 Å². The first-order chi connectivity index (χ1) is 11.0. The van der Waals surface area contributed by atoms with E-state index in [9.17, 15) is 18.0 Å². The Balaban J connectivity index is 2.04. The average Bonchev–Trinajstić information content (AvgIpc) is 3.02. The molecule has 2 bridgehead atoms. The zero-order chi connectivity index (χ0) is 17.9. The third kappa shape index (κ3) is 2.37. The molecule has 0 spiro atoms. The molecule has 1 saturated heterocycles. The smallest absolute Gasteiger partial charge is 0.418 e. The maximum absolute atomic E-state index is 12.5. The maximum Gasteiger partial charge on any atom is 0.418 e. The summed E-state index contributed by atoms with van der Waals surface area (Å²) in [5.74, 6) is 0. The number of likely N-dealkylation sites (N-methyl/N-ethyl adjacent to an activating group) is 1. The summed E-state index contributed by atoms with van der Waals surface area (Å²) in [5, 5.41) is 16.2. The van der Waals surface area contributed by atoms with E-state index in [0.29, 0.717) is 16.3 Å². The number of H-pyrrole nitrogens is 1. The number of aromatic nitrogens is 2. The molecule has 24 heavy (non-hydrogen) atoms. The Labute approximate surface area is 136 Å². The number of nitrogens with zero attached hydrogens (tertiary/aromatic N) is 4. The van der Waals surface area contributed by atoms with Gasteiger partial charge in [0.15, 0.2) is 0 Å². The molecule has 12 nitrogen and oxygen atoms in total. The van der Waals surface area contributed by atoms with Crippen LogP contribution in [0.1, 0.15) is 24.2 Å². The fourth-order valence-corrected chi connectivity index (χ4v) is 3.52. The number of urea groups is 1. The molecule has 1 unspecified atom stereocenters. The van der Waals surface area contributed by atoms with Crippen molar-refractivity contribution in [2.24, 2.45) is 0 Å². The third-order valence-electron chi connectivity index (χ3n) is 4.25. The van der Waals surface area contributed by atoms with E-state index in [-0.39, 0.29) is 13.1 Å². The molecule has 3 heterocycles. The molecule has 2 aliphatic heterocycles. The third-order valence-corrected chi connectivity index (χ3v) is 4.58. The summed E-state index contributed by atoms with van der Waals surface area (Å²) in [7, 11) is -3.57. The van der Waals surface area contributed by atoms with Crippen LogP contribution in [0.2, 0.25) is 0 Å². The lowest BCUT2D eigenvalue weighted by atomic mass is 9.87. The lowest BCUT2D eigenvalue weighted by molar-refractivity contribution is -0.0738. The van der Waals surface area contributed by atoms with Crippen molar-refractivity contribution in [2.75, 3.05) is 20.1 Å². The number of hydroxylamine groups is 2. The Morgan fingerprint density at radius 2 is 2.29 bits per heavy atom. The summed E-state index contributed by atoms with van der Waals surface area (Å²) >= 11 is 0. The number of nitrogens with one attached hydrogen (secondary N) is 1. The van der Waals surface area contributed by atoms with Gasteiger partial charge >= 0.3 is 22.5 Å². The first-order valence-corrected chi connectivity index (χ1v) is 8.17. The van der Waals surface area contributed by atoms with E-state index in [4.69, 9.17) is 9.66 Å². The molecular weight excluding hydrogens is 346 g/mol. The van der Waals surface area contributed by atoms with Crippen LogP contribution in [0.25, 0.3) is 0 Å². The molecule has 0 saturated carbocycles. The van der Waals surface area contributed by atoms with E-state index in [0.717, 1.165) is 4.90 Å². The van der Waals surface area contributed by atoms with Gasteiger partial charge in [-0.05, 0) is 6.92 Å². The lowest BCUT2D eigenvalue weighted by Gasteiger charge is -2.36.